The van der Waals surface area contributed by atoms with Crippen LogP contribution in [0, 0.1) is 0 Å². The summed E-state index contributed by atoms with van der Waals surface area (Å²) in [7, 11) is 0. The van der Waals surface area contributed by atoms with Crippen molar-refractivity contribution in [3.8, 4) is 0 Å². The molecule has 37 heavy (non-hydrogen) atoms. The number of rotatable bonds is 11. The Morgan fingerprint density at radius 3 is 2.57 bits per heavy atom. The third kappa shape index (κ3) is 7.64. The van der Waals surface area contributed by atoms with Crippen molar-refractivity contribution in [2.75, 3.05) is 44.0 Å². The van der Waals surface area contributed by atoms with Crippen molar-refractivity contribution in [2.45, 2.75) is 37.9 Å². The van der Waals surface area contributed by atoms with Crippen molar-refractivity contribution in [3.63, 3.8) is 0 Å². The molecule has 0 saturated carbocycles. The average molecular weight is 524 g/mol. The van der Waals surface area contributed by atoms with Crippen molar-refractivity contribution < 1.29 is 14.3 Å². The lowest BCUT2D eigenvalue weighted by Crippen LogP contribution is -2.43. The van der Waals surface area contributed by atoms with Gasteiger partial charge in [0.15, 0.2) is 5.16 Å². The predicted octanol–water partition coefficient (Wildman–Crippen LogP) is 2.88. The summed E-state index contributed by atoms with van der Waals surface area (Å²) < 4.78 is 6.90. The molecule has 10 heteroatoms. The fourth-order valence-electron chi connectivity index (χ4n) is 4.05. The molecule has 1 aliphatic heterocycles. The van der Waals surface area contributed by atoms with E-state index in [2.05, 4.69) is 27.4 Å². The first-order valence-electron chi connectivity index (χ1n) is 12.6. The lowest BCUT2D eigenvalue weighted by Gasteiger charge is -2.26. The number of benzene rings is 2. The number of nitrogens with one attached hydrogen (secondary N) is 2. The Labute approximate surface area is 220 Å². The molecule has 0 radical (unpaired) electrons. The van der Waals surface area contributed by atoms with E-state index in [1.54, 1.807) is 22.8 Å². The Hall–Kier alpha value is -3.21. The Bertz CT molecular complexity index is 1270. The molecule has 1 saturated heterocycles. The van der Waals surface area contributed by atoms with Crippen molar-refractivity contribution in [1.29, 1.82) is 0 Å². The van der Waals surface area contributed by atoms with Crippen molar-refractivity contribution in [3.05, 3.63) is 64.4 Å². The maximum atomic E-state index is 13.2. The van der Waals surface area contributed by atoms with Crippen LogP contribution in [-0.4, -0.2) is 65.0 Å². The fourth-order valence-corrected chi connectivity index (χ4v) is 4.88. The Balaban J connectivity index is 1.37. The lowest BCUT2D eigenvalue weighted by molar-refractivity contribution is -0.122. The molecule has 0 spiro atoms. The zero-order valence-electron chi connectivity index (χ0n) is 21.1. The summed E-state index contributed by atoms with van der Waals surface area (Å²) in [6, 6.07) is 14.9. The minimum absolute atomic E-state index is 0.0593. The van der Waals surface area contributed by atoms with Gasteiger partial charge in [0.05, 0.1) is 36.5 Å². The zero-order chi connectivity index (χ0) is 26.0. The summed E-state index contributed by atoms with van der Waals surface area (Å²) in [5.74, 6) is -0.123. The maximum Gasteiger partial charge on any atom is 0.262 e. The summed E-state index contributed by atoms with van der Waals surface area (Å²) >= 11 is 1.22. The third-order valence-corrected chi connectivity index (χ3v) is 7.17. The van der Waals surface area contributed by atoms with E-state index >= 15 is 0 Å². The van der Waals surface area contributed by atoms with E-state index < -0.39 is 0 Å². The molecule has 2 N–H and O–H groups in total. The molecule has 2 amide bonds. The first-order chi connectivity index (χ1) is 18.0. The number of hydrogen-bond donors (Lipinski definition) is 2. The van der Waals surface area contributed by atoms with Gasteiger partial charge in [0.1, 0.15) is 0 Å². The highest BCUT2D eigenvalue weighted by atomic mass is 32.2. The summed E-state index contributed by atoms with van der Waals surface area (Å²) in [6.07, 6.45) is 1.71. The number of hydrogen-bond acceptors (Lipinski definition) is 7. The van der Waals surface area contributed by atoms with E-state index in [0.717, 1.165) is 25.2 Å². The van der Waals surface area contributed by atoms with Gasteiger partial charge < -0.3 is 15.4 Å². The highest BCUT2D eigenvalue weighted by Gasteiger charge is 2.15. The van der Waals surface area contributed by atoms with Crippen LogP contribution in [0.25, 0.3) is 10.9 Å². The molecule has 196 valence electrons. The van der Waals surface area contributed by atoms with E-state index in [4.69, 9.17) is 4.74 Å². The van der Waals surface area contributed by atoms with Gasteiger partial charge in [-0.15, -0.1) is 0 Å². The molecule has 1 aromatic heterocycles. The van der Waals surface area contributed by atoms with Gasteiger partial charge in [0, 0.05) is 31.7 Å². The largest absolute Gasteiger partial charge is 0.379 e. The molecule has 0 atom stereocenters. The van der Waals surface area contributed by atoms with Crippen LogP contribution >= 0.6 is 11.8 Å². The smallest absolute Gasteiger partial charge is 0.262 e. The van der Waals surface area contributed by atoms with Gasteiger partial charge in [-0.3, -0.25) is 23.9 Å². The second-order valence-electron chi connectivity index (χ2n) is 8.85. The van der Waals surface area contributed by atoms with Crippen LogP contribution in [-0.2, 0) is 27.3 Å². The SMILES string of the molecule is CCc1ccc(NC(=O)CSc2nc3ccccc3c(=O)n2CCCC(=O)NCN2CCOCC2)cc1. The molecule has 0 aliphatic carbocycles. The monoisotopic (exact) mass is 523 g/mol. The predicted molar refractivity (Wildman–Crippen MR) is 146 cm³/mol. The Morgan fingerprint density at radius 2 is 1.81 bits per heavy atom. The number of carbonyl (C=O) groups is 2. The number of amides is 2. The van der Waals surface area contributed by atoms with Crippen LogP contribution in [0.2, 0.25) is 0 Å². The van der Waals surface area contributed by atoms with Crippen LogP contribution < -0.4 is 16.2 Å². The number of thioether (sulfide) groups is 1. The molecule has 4 rings (SSSR count). The average Bonchev–Trinajstić information content (AvgIpc) is 2.93. The number of carbonyl (C=O) groups excluding carboxylic acids is 2. The van der Waals surface area contributed by atoms with Gasteiger partial charge in [-0.25, -0.2) is 4.98 Å². The Kier molecular flexibility index (Phi) is 9.70. The zero-order valence-corrected chi connectivity index (χ0v) is 21.9. The first kappa shape index (κ1) is 26.8. The standard InChI is InChI=1S/C27H33N5O4S/c1-2-20-9-11-21(12-10-20)29-25(34)18-37-27-30-23-7-4-3-6-22(23)26(35)32(27)13-5-8-24(33)28-19-31-14-16-36-17-15-31/h3-4,6-7,9-12H,2,5,8,13-19H2,1H3,(H,28,33)(H,29,34). The molecule has 1 aliphatic rings. The van der Waals surface area contributed by atoms with E-state index in [0.29, 0.717) is 55.3 Å². The van der Waals surface area contributed by atoms with E-state index in [9.17, 15) is 14.4 Å². The highest BCUT2D eigenvalue weighted by Crippen LogP contribution is 2.19. The minimum atomic E-state index is -0.175. The van der Waals surface area contributed by atoms with Gasteiger partial charge in [-0.1, -0.05) is 43.0 Å². The number of anilines is 1. The molecule has 9 nitrogen and oxygen atoms in total. The topological polar surface area (TPSA) is 106 Å². The minimum Gasteiger partial charge on any atom is -0.379 e. The number of aromatic nitrogens is 2. The number of aryl methyl sites for hydroxylation is 1. The summed E-state index contributed by atoms with van der Waals surface area (Å²) in [4.78, 5) is 45.0. The molecule has 2 heterocycles. The second-order valence-corrected chi connectivity index (χ2v) is 9.79. The van der Waals surface area contributed by atoms with Crippen LogP contribution in [0.1, 0.15) is 25.3 Å². The second kappa shape index (κ2) is 13.4. The van der Waals surface area contributed by atoms with Crippen molar-refractivity contribution in [2.24, 2.45) is 0 Å². The molecule has 0 bridgehead atoms. The third-order valence-electron chi connectivity index (χ3n) is 6.19. The normalized spacial score (nSPS) is 14.0. The van der Waals surface area contributed by atoms with Crippen molar-refractivity contribution >= 4 is 40.2 Å². The molecule has 3 aromatic rings. The van der Waals surface area contributed by atoms with Crippen LogP contribution in [0.3, 0.4) is 0 Å². The summed E-state index contributed by atoms with van der Waals surface area (Å²) in [5, 5.41) is 6.82. The maximum absolute atomic E-state index is 13.2. The number of fused-ring (bicyclic) bond motifs is 1. The van der Waals surface area contributed by atoms with Gasteiger partial charge in [-0.05, 0) is 42.7 Å². The summed E-state index contributed by atoms with van der Waals surface area (Å²) in [5.41, 5.74) is 2.35. The molecular formula is C27H33N5O4S. The van der Waals surface area contributed by atoms with E-state index in [-0.39, 0.29) is 23.1 Å². The highest BCUT2D eigenvalue weighted by molar-refractivity contribution is 7.99. The van der Waals surface area contributed by atoms with Crippen LogP contribution in [0.15, 0.2) is 58.5 Å². The van der Waals surface area contributed by atoms with E-state index in [1.165, 1.54) is 17.3 Å². The van der Waals surface area contributed by atoms with E-state index in [1.807, 2.05) is 30.3 Å². The Morgan fingerprint density at radius 1 is 1.05 bits per heavy atom. The van der Waals surface area contributed by atoms with Gasteiger partial charge in [0.2, 0.25) is 11.8 Å². The number of morpholine rings is 1. The number of ether oxygens (including phenoxy) is 1. The summed E-state index contributed by atoms with van der Waals surface area (Å²) in [6.45, 7) is 5.88. The van der Waals surface area contributed by atoms with Gasteiger partial charge in [-0.2, -0.15) is 0 Å². The molecule has 1 fully saturated rings. The van der Waals surface area contributed by atoms with Crippen molar-refractivity contribution in [1.82, 2.24) is 19.8 Å². The first-order valence-corrected chi connectivity index (χ1v) is 13.6. The van der Waals surface area contributed by atoms with Crippen LogP contribution in [0.5, 0.6) is 0 Å². The lowest BCUT2D eigenvalue weighted by atomic mass is 10.1. The molecule has 0 unspecified atom stereocenters. The van der Waals surface area contributed by atoms with Gasteiger partial charge in [0.25, 0.3) is 5.56 Å². The van der Waals surface area contributed by atoms with Crippen LogP contribution in [0.4, 0.5) is 5.69 Å². The quantitative estimate of drug-likeness (QED) is 0.294. The molecular weight excluding hydrogens is 490 g/mol. The fraction of sp³-hybridized carbons (Fsp3) is 0.407. The molecule has 2 aromatic carbocycles. The number of nitrogens with zero attached hydrogens (tertiary/aromatic N) is 3. The van der Waals surface area contributed by atoms with Gasteiger partial charge >= 0.3 is 0 Å². The number of para-hydroxylation sites is 1.